The molecule has 1 saturated heterocycles. The standard InChI is InChI=1S/C22H30N4O/c1-17-4-6-20(18(2)14-17)7-9-22(27)24-16-19-5-8-21(23-15-19)26-12-10-25(3)11-13-26/h4-6,8,14-15H,7,9-13,16H2,1-3H3,(H,24,27). The molecule has 1 aliphatic rings. The van der Waals surface area contributed by atoms with E-state index in [-0.39, 0.29) is 5.91 Å². The highest BCUT2D eigenvalue weighted by Gasteiger charge is 2.15. The Bertz CT molecular complexity index is 764. The van der Waals surface area contributed by atoms with Crippen molar-refractivity contribution in [3.63, 3.8) is 0 Å². The van der Waals surface area contributed by atoms with Gasteiger partial charge in [-0.1, -0.05) is 29.8 Å². The zero-order valence-corrected chi connectivity index (χ0v) is 16.7. The quantitative estimate of drug-likeness (QED) is 0.854. The van der Waals surface area contributed by atoms with Crippen LogP contribution in [0.1, 0.15) is 28.7 Å². The summed E-state index contributed by atoms with van der Waals surface area (Å²) in [6.45, 7) is 8.89. The van der Waals surface area contributed by atoms with Gasteiger partial charge in [-0.3, -0.25) is 4.79 Å². The molecule has 0 bridgehead atoms. The second kappa shape index (κ2) is 9.00. The molecule has 144 valence electrons. The summed E-state index contributed by atoms with van der Waals surface area (Å²) in [6.07, 6.45) is 3.16. The molecule has 1 N–H and O–H groups in total. The number of nitrogens with zero attached hydrogens (tertiary/aromatic N) is 3. The van der Waals surface area contributed by atoms with Gasteiger partial charge in [-0.05, 0) is 50.1 Å². The summed E-state index contributed by atoms with van der Waals surface area (Å²) in [7, 11) is 2.15. The first kappa shape index (κ1) is 19.4. The number of piperazine rings is 1. The topological polar surface area (TPSA) is 48.5 Å². The van der Waals surface area contributed by atoms with E-state index in [4.69, 9.17) is 0 Å². The average molecular weight is 367 g/mol. The Morgan fingerprint density at radius 1 is 1.11 bits per heavy atom. The Morgan fingerprint density at radius 3 is 2.56 bits per heavy atom. The summed E-state index contributed by atoms with van der Waals surface area (Å²) in [5, 5.41) is 3.01. The minimum atomic E-state index is 0.0816. The van der Waals surface area contributed by atoms with Gasteiger partial charge in [-0.2, -0.15) is 0 Å². The van der Waals surface area contributed by atoms with Crippen LogP contribution in [0.3, 0.4) is 0 Å². The van der Waals surface area contributed by atoms with Crippen LogP contribution in [0.15, 0.2) is 36.5 Å². The highest BCUT2D eigenvalue weighted by molar-refractivity contribution is 5.76. The fourth-order valence-corrected chi connectivity index (χ4v) is 3.41. The number of likely N-dealkylation sites (N-methyl/N-ethyl adjacent to an activating group) is 1. The second-order valence-corrected chi connectivity index (χ2v) is 7.52. The van der Waals surface area contributed by atoms with Crippen LogP contribution in [0.25, 0.3) is 0 Å². The first-order valence-electron chi connectivity index (χ1n) is 9.72. The predicted octanol–water partition coefficient (Wildman–Crippen LogP) is 2.70. The van der Waals surface area contributed by atoms with Crippen LogP contribution in [0.5, 0.6) is 0 Å². The lowest BCUT2D eigenvalue weighted by atomic mass is 10.0. The molecule has 0 saturated carbocycles. The fraction of sp³-hybridized carbons (Fsp3) is 0.455. The molecule has 27 heavy (non-hydrogen) atoms. The number of rotatable bonds is 6. The van der Waals surface area contributed by atoms with Crippen LogP contribution in [0, 0.1) is 13.8 Å². The van der Waals surface area contributed by atoms with Crippen molar-refractivity contribution >= 4 is 11.7 Å². The molecule has 0 atom stereocenters. The Kier molecular flexibility index (Phi) is 6.45. The van der Waals surface area contributed by atoms with Crippen molar-refractivity contribution in [2.45, 2.75) is 33.2 Å². The molecule has 0 unspecified atom stereocenters. The van der Waals surface area contributed by atoms with Crippen molar-refractivity contribution in [2.75, 3.05) is 38.1 Å². The molecule has 1 aromatic carbocycles. The molecule has 5 heteroatoms. The third-order valence-corrected chi connectivity index (χ3v) is 5.25. The predicted molar refractivity (Wildman–Crippen MR) is 110 cm³/mol. The van der Waals surface area contributed by atoms with Crippen molar-refractivity contribution in [3.8, 4) is 0 Å². The number of hydrogen-bond acceptors (Lipinski definition) is 4. The Balaban J connectivity index is 1.44. The molecule has 0 radical (unpaired) electrons. The number of aromatic nitrogens is 1. The summed E-state index contributed by atoms with van der Waals surface area (Å²) in [6, 6.07) is 10.5. The van der Waals surface area contributed by atoms with E-state index in [1.54, 1.807) is 0 Å². The number of carbonyl (C=O) groups excluding carboxylic acids is 1. The number of hydrogen-bond donors (Lipinski definition) is 1. The lowest BCUT2D eigenvalue weighted by Gasteiger charge is -2.33. The number of anilines is 1. The van der Waals surface area contributed by atoms with Crippen LogP contribution in [0.2, 0.25) is 0 Å². The molecule has 0 aliphatic carbocycles. The van der Waals surface area contributed by atoms with Gasteiger partial charge < -0.3 is 15.1 Å². The van der Waals surface area contributed by atoms with E-state index in [1.165, 1.54) is 16.7 Å². The van der Waals surface area contributed by atoms with Gasteiger partial charge in [0.2, 0.25) is 5.91 Å². The molecule has 1 aliphatic heterocycles. The van der Waals surface area contributed by atoms with Crippen molar-refractivity contribution in [2.24, 2.45) is 0 Å². The van der Waals surface area contributed by atoms with Crippen LogP contribution < -0.4 is 10.2 Å². The number of pyridine rings is 1. The van der Waals surface area contributed by atoms with Crippen LogP contribution in [-0.2, 0) is 17.8 Å². The lowest BCUT2D eigenvalue weighted by molar-refractivity contribution is -0.121. The third kappa shape index (κ3) is 5.54. The second-order valence-electron chi connectivity index (χ2n) is 7.52. The van der Waals surface area contributed by atoms with Gasteiger partial charge in [0.15, 0.2) is 0 Å². The Morgan fingerprint density at radius 2 is 1.89 bits per heavy atom. The highest BCUT2D eigenvalue weighted by atomic mass is 16.1. The number of nitrogens with one attached hydrogen (secondary N) is 1. The van der Waals surface area contributed by atoms with Crippen molar-refractivity contribution < 1.29 is 4.79 Å². The SMILES string of the molecule is Cc1ccc(CCC(=O)NCc2ccc(N3CCN(C)CC3)nc2)c(C)c1. The van der Waals surface area contributed by atoms with Crippen molar-refractivity contribution in [1.82, 2.24) is 15.2 Å². The van der Waals surface area contributed by atoms with E-state index < -0.39 is 0 Å². The van der Waals surface area contributed by atoms with Gasteiger partial charge in [0.1, 0.15) is 5.82 Å². The Hall–Kier alpha value is -2.40. The van der Waals surface area contributed by atoms with Gasteiger partial charge in [0.25, 0.3) is 0 Å². The maximum atomic E-state index is 12.2. The highest BCUT2D eigenvalue weighted by Crippen LogP contribution is 2.14. The van der Waals surface area contributed by atoms with Gasteiger partial charge in [0.05, 0.1) is 0 Å². The fourth-order valence-electron chi connectivity index (χ4n) is 3.41. The molecular formula is C22H30N4O. The van der Waals surface area contributed by atoms with Gasteiger partial charge in [-0.25, -0.2) is 4.98 Å². The van der Waals surface area contributed by atoms with E-state index in [0.29, 0.717) is 13.0 Å². The van der Waals surface area contributed by atoms with Gasteiger partial charge in [0, 0.05) is 45.3 Å². The van der Waals surface area contributed by atoms with Gasteiger partial charge in [-0.15, -0.1) is 0 Å². The molecule has 1 fully saturated rings. The largest absolute Gasteiger partial charge is 0.354 e. The maximum absolute atomic E-state index is 12.2. The molecule has 3 rings (SSSR count). The van der Waals surface area contributed by atoms with Crippen LogP contribution in [-0.4, -0.2) is 49.0 Å². The summed E-state index contributed by atoms with van der Waals surface area (Å²) in [4.78, 5) is 21.4. The monoisotopic (exact) mass is 366 g/mol. The molecule has 0 spiro atoms. The average Bonchev–Trinajstić information content (AvgIpc) is 2.67. The van der Waals surface area contributed by atoms with Crippen LogP contribution >= 0.6 is 0 Å². The number of carbonyl (C=O) groups is 1. The minimum absolute atomic E-state index is 0.0816. The van der Waals surface area contributed by atoms with E-state index in [2.05, 4.69) is 71.3 Å². The molecular weight excluding hydrogens is 336 g/mol. The third-order valence-electron chi connectivity index (χ3n) is 5.25. The molecule has 2 aromatic rings. The first-order valence-corrected chi connectivity index (χ1v) is 9.72. The van der Waals surface area contributed by atoms with Crippen LogP contribution in [0.4, 0.5) is 5.82 Å². The summed E-state index contributed by atoms with van der Waals surface area (Å²) < 4.78 is 0. The van der Waals surface area contributed by atoms with Crippen molar-refractivity contribution in [1.29, 1.82) is 0 Å². The number of aryl methyl sites for hydroxylation is 3. The first-order chi connectivity index (χ1) is 13.0. The zero-order chi connectivity index (χ0) is 19.2. The smallest absolute Gasteiger partial charge is 0.220 e. The lowest BCUT2D eigenvalue weighted by Crippen LogP contribution is -2.44. The maximum Gasteiger partial charge on any atom is 0.220 e. The molecule has 2 heterocycles. The van der Waals surface area contributed by atoms with E-state index in [1.807, 2.05) is 6.20 Å². The summed E-state index contributed by atoms with van der Waals surface area (Å²) in [5.74, 6) is 1.10. The van der Waals surface area contributed by atoms with E-state index in [0.717, 1.165) is 44.0 Å². The normalized spacial score (nSPS) is 15.0. The molecule has 1 aromatic heterocycles. The van der Waals surface area contributed by atoms with Gasteiger partial charge >= 0.3 is 0 Å². The minimum Gasteiger partial charge on any atom is -0.354 e. The van der Waals surface area contributed by atoms with E-state index in [9.17, 15) is 4.79 Å². The number of amides is 1. The summed E-state index contributed by atoms with van der Waals surface area (Å²) >= 11 is 0. The van der Waals surface area contributed by atoms with E-state index >= 15 is 0 Å². The van der Waals surface area contributed by atoms with Crippen molar-refractivity contribution in [3.05, 3.63) is 58.8 Å². The Labute approximate surface area is 162 Å². The number of benzene rings is 1. The zero-order valence-electron chi connectivity index (χ0n) is 16.7. The molecule has 1 amide bonds. The summed E-state index contributed by atoms with van der Waals surface area (Å²) in [5.41, 5.74) is 4.79. The molecule has 5 nitrogen and oxygen atoms in total.